The van der Waals surface area contributed by atoms with E-state index in [0.29, 0.717) is 10.7 Å². The zero-order valence-corrected chi connectivity index (χ0v) is 14.4. The summed E-state index contributed by atoms with van der Waals surface area (Å²) in [5, 5.41) is 2.48. The van der Waals surface area contributed by atoms with Crippen LogP contribution in [0.5, 0.6) is 0 Å². The normalized spacial score (nSPS) is 13.3. The first-order chi connectivity index (χ1) is 9.70. The Kier molecular flexibility index (Phi) is 4.79. The molecular weight excluding hydrogens is 353 g/mol. The maximum absolute atomic E-state index is 12.4. The van der Waals surface area contributed by atoms with Gasteiger partial charge in [0.2, 0.25) is 10.0 Å². The van der Waals surface area contributed by atoms with Crippen LogP contribution in [-0.2, 0) is 10.0 Å². The lowest BCUT2D eigenvalue weighted by atomic mass is 10.3. The standard InChI is InChI=1S/C12H13Cl2N3O2S2/c1-6-5-20-12(16-6)7(2)17-21(18,19)11-9(13)3-8(15)4-10(11)14/h3-5,7,17H,15H2,1-2H3. The number of thiazole rings is 1. The predicted octanol–water partition coefficient (Wildman–Crippen LogP) is 3.38. The predicted molar refractivity (Wildman–Crippen MR) is 86.5 cm³/mol. The van der Waals surface area contributed by atoms with Gasteiger partial charge >= 0.3 is 0 Å². The Morgan fingerprint density at radius 3 is 2.38 bits per heavy atom. The molecule has 0 saturated carbocycles. The lowest BCUT2D eigenvalue weighted by Gasteiger charge is -2.14. The van der Waals surface area contributed by atoms with Crippen molar-refractivity contribution in [3.8, 4) is 0 Å². The molecule has 0 aliphatic rings. The lowest BCUT2D eigenvalue weighted by Crippen LogP contribution is -2.27. The average Bonchev–Trinajstić information content (AvgIpc) is 2.73. The molecule has 1 unspecified atom stereocenters. The maximum Gasteiger partial charge on any atom is 0.244 e. The maximum atomic E-state index is 12.4. The first kappa shape index (κ1) is 16.5. The number of hydrogen-bond donors (Lipinski definition) is 2. The molecule has 1 heterocycles. The number of aryl methyl sites for hydroxylation is 1. The first-order valence-electron chi connectivity index (χ1n) is 5.89. The van der Waals surface area contributed by atoms with E-state index in [2.05, 4.69) is 9.71 Å². The highest BCUT2D eigenvalue weighted by Gasteiger charge is 2.25. The van der Waals surface area contributed by atoms with Crippen LogP contribution in [0.15, 0.2) is 22.4 Å². The fourth-order valence-corrected chi connectivity index (χ4v) is 5.07. The van der Waals surface area contributed by atoms with Crippen molar-refractivity contribution in [3.05, 3.63) is 38.3 Å². The van der Waals surface area contributed by atoms with Crippen LogP contribution in [0.25, 0.3) is 0 Å². The number of halogens is 2. The third kappa shape index (κ3) is 3.67. The summed E-state index contributed by atoms with van der Waals surface area (Å²) in [7, 11) is -3.88. The van der Waals surface area contributed by atoms with Crippen LogP contribution in [0.1, 0.15) is 23.7 Å². The van der Waals surface area contributed by atoms with E-state index >= 15 is 0 Å². The zero-order chi connectivity index (χ0) is 15.8. The van der Waals surface area contributed by atoms with Gasteiger partial charge in [0, 0.05) is 16.8 Å². The van der Waals surface area contributed by atoms with Gasteiger partial charge in [0.25, 0.3) is 0 Å². The van der Waals surface area contributed by atoms with Crippen LogP contribution in [-0.4, -0.2) is 13.4 Å². The fourth-order valence-electron chi connectivity index (χ4n) is 1.75. The van der Waals surface area contributed by atoms with Crippen molar-refractivity contribution in [2.75, 3.05) is 5.73 Å². The molecule has 5 nitrogen and oxygen atoms in total. The number of hydrogen-bond acceptors (Lipinski definition) is 5. The number of nitrogen functional groups attached to an aromatic ring is 1. The summed E-state index contributed by atoms with van der Waals surface area (Å²) >= 11 is 13.3. The fraction of sp³-hybridized carbons (Fsp3) is 0.250. The van der Waals surface area contributed by atoms with Gasteiger partial charge in [-0.1, -0.05) is 23.2 Å². The molecule has 114 valence electrons. The number of rotatable bonds is 4. The Bertz CT molecular complexity index is 752. The van der Waals surface area contributed by atoms with Crippen molar-refractivity contribution in [2.24, 2.45) is 0 Å². The second-order valence-electron chi connectivity index (χ2n) is 4.48. The van der Waals surface area contributed by atoms with Gasteiger partial charge < -0.3 is 5.73 Å². The van der Waals surface area contributed by atoms with Crippen molar-refractivity contribution < 1.29 is 8.42 Å². The summed E-state index contributed by atoms with van der Waals surface area (Å²) in [6.45, 7) is 3.55. The van der Waals surface area contributed by atoms with Crippen LogP contribution in [0, 0.1) is 6.92 Å². The molecule has 0 aliphatic heterocycles. The molecule has 1 atom stereocenters. The van der Waals surface area contributed by atoms with Crippen molar-refractivity contribution in [1.82, 2.24) is 9.71 Å². The number of nitrogens with zero attached hydrogens (tertiary/aromatic N) is 1. The number of sulfonamides is 1. The monoisotopic (exact) mass is 365 g/mol. The van der Waals surface area contributed by atoms with Crippen molar-refractivity contribution >= 4 is 50.2 Å². The molecule has 0 bridgehead atoms. The highest BCUT2D eigenvalue weighted by Crippen LogP contribution is 2.32. The van der Waals surface area contributed by atoms with Crippen molar-refractivity contribution in [1.29, 1.82) is 0 Å². The number of nitrogens with one attached hydrogen (secondary N) is 1. The van der Waals surface area contributed by atoms with E-state index < -0.39 is 16.1 Å². The van der Waals surface area contributed by atoms with E-state index in [4.69, 9.17) is 28.9 Å². The zero-order valence-electron chi connectivity index (χ0n) is 11.2. The summed E-state index contributed by atoms with van der Waals surface area (Å²) < 4.78 is 27.4. The highest BCUT2D eigenvalue weighted by molar-refractivity contribution is 7.89. The SMILES string of the molecule is Cc1csc(C(C)NS(=O)(=O)c2c(Cl)cc(N)cc2Cl)n1. The third-order valence-electron chi connectivity index (χ3n) is 2.63. The van der Waals surface area contributed by atoms with E-state index in [0.717, 1.165) is 5.69 Å². The van der Waals surface area contributed by atoms with E-state index in [1.54, 1.807) is 6.92 Å². The Hall–Kier alpha value is -0.860. The van der Waals surface area contributed by atoms with Gasteiger partial charge in [-0.15, -0.1) is 11.3 Å². The summed E-state index contributed by atoms with van der Waals surface area (Å²) in [5.41, 5.74) is 6.71. The Morgan fingerprint density at radius 1 is 1.33 bits per heavy atom. The van der Waals surface area contributed by atoms with Crippen LogP contribution < -0.4 is 10.5 Å². The lowest BCUT2D eigenvalue weighted by molar-refractivity contribution is 0.566. The van der Waals surface area contributed by atoms with Crippen LogP contribution in [0.2, 0.25) is 10.0 Å². The molecule has 1 aromatic heterocycles. The molecule has 21 heavy (non-hydrogen) atoms. The third-order valence-corrected chi connectivity index (χ3v) is 6.24. The molecule has 0 radical (unpaired) electrons. The van der Waals surface area contributed by atoms with Gasteiger partial charge in [0.1, 0.15) is 9.90 Å². The minimum atomic E-state index is -3.88. The summed E-state index contributed by atoms with van der Waals surface area (Å²) in [4.78, 5) is 4.07. The van der Waals surface area contributed by atoms with Gasteiger partial charge in [-0.2, -0.15) is 0 Å². The number of aromatic nitrogens is 1. The van der Waals surface area contributed by atoms with Gasteiger partial charge in [0.05, 0.1) is 16.1 Å². The van der Waals surface area contributed by atoms with E-state index in [-0.39, 0.29) is 14.9 Å². The average molecular weight is 366 g/mol. The molecule has 0 saturated heterocycles. The van der Waals surface area contributed by atoms with Gasteiger partial charge in [-0.05, 0) is 26.0 Å². The Labute approximate surface area is 137 Å². The molecular formula is C12H13Cl2N3O2S2. The largest absolute Gasteiger partial charge is 0.399 e. The molecule has 2 rings (SSSR count). The van der Waals surface area contributed by atoms with Gasteiger partial charge in [-0.3, -0.25) is 0 Å². The smallest absolute Gasteiger partial charge is 0.244 e. The van der Waals surface area contributed by atoms with Gasteiger partial charge in [0.15, 0.2) is 0 Å². The Morgan fingerprint density at radius 2 is 1.90 bits per heavy atom. The summed E-state index contributed by atoms with van der Waals surface area (Å²) in [6, 6.07) is 2.21. The van der Waals surface area contributed by atoms with Crippen molar-refractivity contribution in [2.45, 2.75) is 24.8 Å². The van der Waals surface area contributed by atoms with Crippen molar-refractivity contribution in [3.63, 3.8) is 0 Å². The minimum absolute atomic E-state index is 0.0185. The molecule has 0 spiro atoms. The number of nitrogens with two attached hydrogens (primary N) is 1. The van der Waals surface area contributed by atoms with E-state index in [1.807, 2.05) is 12.3 Å². The second-order valence-corrected chi connectivity index (χ2v) is 7.84. The van der Waals surface area contributed by atoms with Crippen LogP contribution in [0.3, 0.4) is 0 Å². The first-order valence-corrected chi connectivity index (χ1v) is 9.01. The number of benzene rings is 1. The summed E-state index contributed by atoms with van der Waals surface area (Å²) in [5.74, 6) is 0. The second kappa shape index (κ2) is 6.10. The van der Waals surface area contributed by atoms with Crippen LogP contribution >= 0.6 is 34.5 Å². The quantitative estimate of drug-likeness (QED) is 0.813. The van der Waals surface area contributed by atoms with E-state index in [1.165, 1.54) is 23.5 Å². The minimum Gasteiger partial charge on any atom is -0.399 e. The molecule has 1 aromatic carbocycles. The molecule has 9 heteroatoms. The molecule has 0 aliphatic carbocycles. The molecule has 3 N–H and O–H groups in total. The molecule has 0 fully saturated rings. The molecule has 0 amide bonds. The van der Waals surface area contributed by atoms with E-state index in [9.17, 15) is 8.42 Å². The molecule has 2 aromatic rings. The van der Waals surface area contributed by atoms with Gasteiger partial charge in [-0.25, -0.2) is 18.1 Å². The number of anilines is 1. The Balaban J connectivity index is 2.35. The topological polar surface area (TPSA) is 85.1 Å². The van der Waals surface area contributed by atoms with Crippen LogP contribution in [0.4, 0.5) is 5.69 Å². The highest BCUT2D eigenvalue weighted by atomic mass is 35.5. The summed E-state index contributed by atoms with van der Waals surface area (Å²) in [6.07, 6.45) is 0.